The summed E-state index contributed by atoms with van der Waals surface area (Å²) in [5.41, 5.74) is 2.67. The van der Waals surface area contributed by atoms with Gasteiger partial charge in [0.25, 0.3) is 11.5 Å². The molecule has 186 valence electrons. The molecule has 3 unspecified atom stereocenters. The van der Waals surface area contributed by atoms with E-state index in [4.69, 9.17) is 21.9 Å². The smallest absolute Gasteiger partial charge is 0.267 e. The fourth-order valence-electron chi connectivity index (χ4n) is 4.79. The molecule has 0 saturated carbocycles. The van der Waals surface area contributed by atoms with Gasteiger partial charge in [0.2, 0.25) is 0 Å². The Bertz CT molecular complexity index is 1430. The van der Waals surface area contributed by atoms with Gasteiger partial charge in [-0.3, -0.25) is 18.9 Å². The number of anilines is 1. The summed E-state index contributed by atoms with van der Waals surface area (Å²) in [4.78, 5) is 36.3. The van der Waals surface area contributed by atoms with Crippen LogP contribution in [0.25, 0.3) is 11.7 Å². The molecule has 0 aliphatic carbocycles. The molecule has 2 saturated heterocycles. The van der Waals surface area contributed by atoms with Gasteiger partial charge in [0, 0.05) is 19.3 Å². The summed E-state index contributed by atoms with van der Waals surface area (Å²) in [7, 11) is 0. The summed E-state index contributed by atoms with van der Waals surface area (Å²) in [6, 6.07) is 13.4. The van der Waals surface area contributed by atoms with Crippen LogP contribution in [0.4, 0.5) is 5.82 Å². The summed E-state index contributed by atoms with van der Waals surface area (Å²) in [5.74, 6) is 0.358. The third-order valence-corrected chi connectivity index (χ3v) is 7.80. The summed E-state index contributed by atoms with van der Waals surface area (Å²) in [6.45, 7) is 9.11. The molecule has 2 aliphatic rings. The van der Waals surface area contributed by atoms with Crippen LogP contribution < -0.4 is 10.5 Å². The van der Waals surface area contributed by atoms with Gasteiger partial charge < -0.3 is 9.64 Å². The minimum atomic E-state index is -0.219. The first-order valence-electron chi connectivity index (χ1n) is 12.0. The van der Waals surface area contributed by atoms with Crippen LogP contribution in [0, 0.1) is 6.92 Å². The lowest BCUT2D eigenvalue weighted by molar-refractivity contribution is -0.123. The first kappa shape index (κ1) is 24.7. The predicted molar refractivity (Wildman–Crippen MR) is 148 cm³/mol. The Morgan fingerprint density at radius 2 is 1.81 bits per heavy atom. The molecular formula is C27H28N4O3S2. The summed E-state index contributed by atoms with van der Waals surface area (Å²) in [5, 5.41) is 0. The summed E-state index contributed by atoms with van der Waals surface area (Å²) in [6.07, 6.45) is 3.43. The van der Waals surface area contributed by atoms with Crippen LogP contribution in [0.5, 0.6) is 0 Å². The van der Waals surface area contributed by atoms with Crippen LogP contribution in [0.1, 0.15) is 43.5 Å². The maximum absolute atomic E-state index is 13.8. The van der Waals surface area contributed by atoms with Gasteiger partial charge in [-0.1, -0.05) is 60.4 Å². The van der Waals surface area contributed by atoms with Gasteiger partial charge in [0.05, 0.1) is 28.7 Å². The minimum absolute atomic E-state index is 0.00944. The second-order valence-corrected chi connectivity index (χ2v) is 11.1. The van der Waals surface area contributed by atoms with Crippen molar-refractivity contribution in [2.24, 2.45) is 0 Å². The average Bonchev–Trinajstić information content (AvgIpc) is 3.13. The van der Waals surface area contributed by atoms with Crippen molar-refractivity contribution < 1.29 is 9.53 Å². The van der Waals surface area contributed by atoms with Crippen LogP contribution in [0.3, 0.4) is 0 Å². The lowest BCUT2D eigenvalue weighted by Gasteiger charge is -2.36. The van der Waals surface area contributed by atoms with Crippen molar-refractivity contribution in [2.45, 2.75) is 45.9 Å². The molecule has 3 aromatic rings. The van der Waals surface area contributed by atoms with Gasteiger partial charge >= 0.3 is 0 Å². The third kappa shape index (κ3) is 4.58. The first-order valence-corrected chi connectivity index (χ1v) is 13.2. The molecule has 1 amide bonds. The molecule has 2 aromatic heterocycles. The number of thiocarbonyl (C=S) groups is 1. The molecule has 0 spiro atoms. The largest absolute Gasteiger partial charge is 0.372 e. The van der Waals surface area contributed by atoms with Crippen LogP contribution >= 0.6 is 24.0 Å². The van der Waals surface area contributed by atoms with E-state index in [1.165, 1.54) is 11.8 Å². The minimum Gasteiger partial charge on any atom is -0.372 e. The zero-order valence-electron chi connectivity index (χ0n) is 20.7. The Hall–Kier alpha value is -3.01. The molecule has 36 heavy (non-hydrogen) atoms. The van der Waals surface area contributed by atoms with E-state index in [1.807, 2.05) is 70.2 Å². The highest BCUT2D eigenvalue weighted by Gasteiger charge is 2.37. The van der Waals surface area contributed by atoms with E-state index in [-0.39, 0.29) is 29.7 Å². The molecular weight excluding hydrogens is 492 g/mol. The van der Waals surface area contributed by atoms with Crippen molar-refractivity contribution in [1.82, 2.24) is 14.3 Å². The molecule has 0 bridgehead atoms. The van der Waals surface area contributed by atoms with Crippen LogP contribution in [-0.4, -0.2) is 49.8 Å². The molecule has 0 radical (unpaired) electrons. The number of rotatable bonds is 4. The number of hydrogen-bond acceptors (Lipinski definition) is 7. The summed E-state index contributed by atoms with van der Waals surface area (Å²) < 4.78 is 7.93. The highest BCUT2D eigenvalue weighted by atomic mass is 32.2. The quantitative estimate of drug-likeness (QED) is 0.369. The molecule has 2 aliphatic heterocycles. The fourth-order valence-corrected chi connectivity index (χ4v) is 6.19. The van der Waals surface area contributed by atoms with E-state index >= 15 is 0 Å². The topological polar surface area (TPSA) is 67.2 Å². The van der Waals surface area contributed by atoms with Crippen molar-refractivity contribution in [1.29, 1.82) is 0 Å². The number of morpholine rings is 1. The number of aromatic nitrogens is 2. The van der Waals surface area contributed by atoms with E-state index in [9.17, 15) is 9.59 Å². The van der Waals surface area contributed by atoms with Gasteiger partial charge in [-0.2, -0.15) is 0 Å². The predicted octanol–water partition coefficient (Wildman–Crippen LogP) is 4.58. The number of nitrogens with zero attached hydrogens (tertiary/aromatic N) is 4. The van der Waals surface area contributed by atoms with Gasteiger partial charge in [-0.05, 0) is 51.0 Å². The second-order valence-electron chi connectivity index (χ2n) is 9.39. The number of carbonyl (C=O) groups is 1. The lowest BCUT2D eigenvalue weighted by Crippen LogP contribution is -2.46. The number of fused-ring (bicyclic) bond motifs is 1. The number of thioether (sulfide) groups is 1. The van der Waals surface area contributed by atoms with Crippen LogP contribution in [0.15, 0.2) is 58.4 Å². The molecule has 2 fully saturated rings. The maximum atomic E-state index is 13.8. The van der Waals surface area contributed by atoms with Crippen molar-refractivity contribution in [3.05, 3.63) is 80.6 Å². The molecule has 3 atom stereocenters. The Kier molecular flexibility index (Phi) is 6.72. The Morgan fingerprint density at radius 1 is 1.11 bits per heavy atom. The monoisotopic (exact) mass is 520 g/mol. The van der Waals surface area contributed by atoms with Gasteiger partial charge in [0.1, 0.15) is 15.8 Å². The highest BCUT2D eigenvalue weighted by molar-refractivity contribution is 8.26. The number of aryl methyl sites for hydroxylation is 1. The number of pyridine rings is 1. The fraction of sp³-hybridized carbons (Fsp3) is 0.333. The molecule has 7 nitrogen and oxygen atoms in total. The van der Waals surface area contributed by atoms with Gasteiger partial charge in [-0.15, -0.1) is 0 Å². The van der Waals surface area contributed by atoms with E-state index in [0.29, 0.717) is 39.3 Å². The van der Waals surface area contributed by atoms with E-state index in [0.717, 1.165) is 11.1 Å². The van der Waals surface area contributed by atoms with Crippen molar-refractivity contribution in [2.75, 3.05) is 18.0 Å². The van der Waals surface area contributed by atoms with E-state index < -0.39 is 0 Å². The number of ether oxygens (including phenoxy) is 1. The number of amides is 1. The standard InChI is InChI=1S/C27H28N4O3S2/c1-16-10-11-23-28-24(29-14-17(2)34-18(3)15-29)21(25(32)30(23)13-16)12-22-26(33)31(27(35)36-22)19(4)20-8-6-5-7-9-20/h5-13,17-19H,14-15H2,1-4H3/b22-12+. The van der Waals surface area contributed by atoms with Gasteiger partial charge in [0.15, 0.2) is 0 Å². The Labute approximate surface area is 219 Å². The molecule has 9 heteroatoms. The van der Waals surface area contributed by atoms with Crippen LogP contribution in [-0.2, 0) is 9.53 Å². The van der Waals surface area contributed by atoms with E-state index in [1.54, 1.807) is 21.6 Å². The SMILES string of the molecule is Cc1ccc2nc(N3CC(C)OC(C)C3)c(/C=C3/SC(=S)N(C(C)c4ccccc4)C3=O)c(=O)n2c1. The van der Waals surface area contributed by atoms with Crippen LogP contribution in [0.2, 0.25) is 0 Å². The second kappa shape index (κ2) is 9.80. The molecule has 4 heterocycles. The highest BCUT2D eigenvalue weighted by Crippen LogP contribution is 2.38. The lowest BCUT2D eigenvalue weighted by atomic mass is 10.1. The Morgan fingerprint density at radius 3 is 2.50 bits per heavy atom. The van der Waals surface area contributed by atoms with Crippen molar-refractivity contribution >= 4 is 51.7 Å². The average molecular weight is 521 g/mol. The zero-order chi connectivity index (χ0) is 25.6. The number of benzene rings is 1. The third-order valence-electron chi connectivity index (χ3n) is 6.47. The first-order chi connectivity index (χ1) is 17.2. The molecule has 0 N–H and O–H groups in total. The molecule has 5 rings (SSSR count). The zero-order valence-corrected chi connectivity index (χ0v) is 22.3. The summed E-state index contributed by atoms with van der Waals surface area (Å²) >= 11 is 6.83. The van der Waals surface area contributed by atoms with Gasteiger partial charge in [-0.25, -0.2) is 4.98 Å². The van der Waals surface area contributed by atoms with Crippen molar-refractivity contribution in [3.63, 3.8) is 0 Å². The normalized spacial score (nSPS) is 22.6. The maximum Gasteiger partial charge on any atom is 0.267 e. The van der Waals surface area contributed by atoms with E-state index in [2.05, 4.69) is 4.90 Å². The van der Waals surface area contributed by atoms with Crippen molar-refractivity contribution in [3.8, 4) is 0 Å². The number of hydrogen-bond donors (Lipinski definition) is 0. The molecule has 1 aromatic carbocycles. The Balaban J connectivity index is 1.61. The number of carbonyl (C=O) groups excluding carboxylic acids is 1.